The van der Waals surface area contributed by atoms with E-state index in [1.807, 2.05) is 31.1 Å². The first kappa shape index (κ1) is 18.6. The topological polar surface area (TPSA) is 57.7 Å². The largest absolute Gasteiger partial charge is 0.334 e. The predicted octanol–water partition coefficient (Wildman–Crippen LogP) is 2.10. The van der Waals surface area contributed by atoms with E-state index in [-0.39, 0.29) is 23.5 Å². The second-order valence-corrected chi connectivity index (χ2v) is 10.6. The average Bonchev–Trinajstić information content (AvgIpc) is 3.02. The van der Waals surface area contributed by atoms with Gasteiger partial charge < -0.3 is 9.80 Å². The van der Waals surface area contributed by atoms with Crippen molar-refractivity contribution in [3.63, 3.8) is 0 Å². The molecule has 0 aliphatic carbocycles. The van der Waals surface area contributed by atoms with Gasteiger partial charge in [0.15, 0.2) is 9.84 Å². The number of nitrogens with zero attached hydrogens (tertiary/aromatic N) is 2. The summed E-state index contributed by atoms with van der Waals surface area (Å²) in [6.07, 6.45) is 3.85. The van der Waals surface area contributed by atoms with E-state index in [1.165, 1.54) is 0 Å². The van der Waals surface area contributed by atoms with Crippen LogP contribution in [-0.4, -0.2) is 68.9 Å². The molecule has 0 spiro atoms. The lowest BCUT2D eigenvalue weighted by atomic mass is 10.2. The molecule has 2 rings (SSSR count). The highest BCUT2D eigenvalue weighted by Crippen LogP contribution is 2.23. The van der Waals surface area contributed by atoms with E-state index in [2.05, 4.69) is 15.9 Å². The van der Waals surface area contributed by atoms with Gasteiger partial charge in [0.05, 0.1) is 15.3 Å². The van der Waals surface area contributed by atoms with E-state index in [1.54, 1.807) is 28.4 Å². The van der Waals surface area contributed by atoms with Gasteiger partial charge in [-0.3, -0.25) is 4.79 Å². The lowest BCUT2D eigenvalue weighted by molar-refractivity contribution is -0.127. The zero-order valence-electron chi connectivity index (χ0n) is 13.2. The molecule has 0 radical (unpaired) electrons. The minimum atomic E-state index is -3.01. The number of carbonyl (C=O) groups excluding carboxylic acids is 1. The number of hydrogen-bond donors (Lipinski definition) is 0. The Kier molecular flexibility index (Phi) is 6.41. The van der Waals surface area contributed by atoms with Gasteiger partial charge >= 0.3 is 0 Å². The summed E-state index contributed by atoms with van der Waals surface area (Å²) in [5.74, 6) is 0.119. The standard InChI is InChI=1S/C15H21BrN2O3S2/c1-17(2)8-9-18(12-7-10-23(20,21)11-12)15(19)6-4-13-3-5-14(16)22-13/h3-6,12H,7-11H2,1-2H3/b6-4-/t12-/m1/s1. The van der Waals surface area contributed by atoms with E-state index in [0.29, 0.717) is 19.5 Å². The Morgan fingerprint density at radius 3 is 2.65 bits per heavy atom. The van der Waals surface area contributed by atoms with Crippen molar-refractivity contribution in [3.05, 3.63) is 26.9 Å². The van der Waals surface area contributed by atoms with Gasteiger partial charge in [0.2, 0.25) is 5.91 Å². The Morgan fingerprint density at radius 1 is 1.39 bits per heavy atom. The molecule has 128 valence electrons. The number of hydrogen-bond acceptors (Lipinski definition) is 5. The fourth-order valence-electron chi connectivity index (χ4n) is 2.47. The molecule has 2 heterocycles. The highest BCUT2D eigenvalue weighted by atomic mass is 79.9. The second kappa shape index (κ2) is 7.92. The summed E-state index contributed by atoms with van der Waals surface area (Å²) >= 11 is 4.94. The molecule has 23 heavy (non-hydrogen) atoms. The third-order valence-corrected chi connectivity index (χ3v) is 7.04. The highest BCUT2D eigenvalue weighted by molar-refractivity contribution is 9.11. The van der Waals surface area contributed by atoms with Gasteiger partial charge in [-0.05, 0) is 54.7 Å². The third-order valence-electron chi connectivity index (χ3n) is 3.70. The SMILES string of the molecule is CN(C)CCN(C(=O)/C=C\c1ccc(Br)s1)[C@@H]1CCS(=O)(=O)C1. The van der Waals surface area contributed by atoms with E-state index >= 15 is 0 Å². The zero-order valence-corrected chi connectivity index (χ0v) is 16.5. The van der Waals surface area contributed by atoms with Crippen molar-refractivity contribution < 1.29 is 13.2 Å². The molecule has 0 bridgehead atoms. The number of likely N-dealkylation sites (N-methyl/N-ethyl adjacent to an activating group) is 1. The minimum Gasteiger partial charge on any atom is -0.334 e. The van der Waals surface area contributed by atoms with Gasteiger partial charge in [-0.2, -0.15) is 0 Å². The first-order chi connectivity index (χ1) is 10.8. The van der Waals surface area contributed by atoms with Gasteiger partial charge in [-0.25, -0.2) is 8.42 Å². The number of sulfone groups is 1. The summed E-state index contributed by atoms with van der Waals surface area (Å²) in [6, 6.07) is 3.65. The number of thiophene rings is 1. The van der Waals surface area contributed by atoms with Crippen molar-refractivity contribution in [2.45, 2.75) is 12.5 Å². The number of rotatable bonds is 6. The van der Waals surface area contributed by atoms with Crippen molar-refractivity contribution in [2.75, 3.05) is 38.7 Å². The zero-order chi connectivity index (χ0) is 17.0. The van der Waals surface area contributed by atoms with Crippen LogP contribution in [0, 0.1) is 0 Å². The van der Waals surface area contributed by atoms with E-state index in [0.717, 1.165) is 8.66 Å². The number of halogens is 1. The van der Waals surface area contributed by atoms with E-state index in [4.69, 9.17) is 0 Å². The fraction of sp³-hybridized carbons (Fsp3) is 0.533. The van der Waals surface area contributed by atoms with E-state index < -0.39 is 9.84 Å². The quantitative estimate of drug-likeness (QED) is 0.661. The lowest BCUT2D eigenvalue weighted by Gasteiger charge is -2.28. The van der Waals surface area contributed by atoms with Crippen LogP contribution in [-0.2, 0) is 14.6 Å². The van der Waals surface area contributed by atoms with Gasteiger partial charge in [0.25, 0.3) is 0 Å². The van der Waals surface area contributed by atoms with Crippen LogP contribution >= 0.6 is 27.3 Å². The van der Waals surface area contributed by atoms with Crippen molar-refractivity contribution in [3.8, 4) is 0 Å². The molecule has 1 fully saturated rings. The maximum absolute atomic E-state index is 12.6. The molecule has 1 aliphatic rings. The number of carbonyl (C=O) groups is 1. The van der Waals surface area contributed by atoms with Crippen molar-refractivity contribution >= 4 is 49.1 Å². The van der Waals surface area contributed by atoms with Crippen LogP contribution < -0.4 is 0 Å². The molecule has 8 heteroatoms. The monoisotopic (exact) mass is 420 g/mol. The molecule has 0 N–H and O–H groups in total. The summed E-state index contributed by atoms with van der Waals surface area (Å²) in [7, 11) is 0.863. The maximum atomic E-state index is 12.6. The van der Waals surface area contributed by atoms with Crippen LogP contribution in [0.1, 0.15) is 11.3 Å². The molecular weight excluding hydrogens is 400 g/mol. The molecule has 1 saturated heterocycles. The van der Waals surface area contributed by atoms with E-state index in [9.17, 15) is 13.2 Å². The summed E-state index contributed by atoms with van der Waals surface area (Å²) in [5.41, 5.74) is 0. The van der Waals surface area contributed by atoms with Gasteiger partial charge in [-0.15, -0.1) is 11.3 Å². The van der Waals surface area contributed by atoms with Gasteiger partial charge in [-0.1, -0.05) is 0 Å². The molecule has 1 aromatic heterocycles. The first-order valence-corrected chi connectivity index (χ1v) is 10.8. The third kappa shape index (κ3) is 5.70. The Morgan fingerprint density at radius 2 is 2.13 bits per heavy atom. The Hall–Kier alpha value is -0.700. The maximum Gasteiger partial charge on any atom is 0.246 e. The lowest BCUT2D eigenvalue weighted by Crippen LogP contribution is -2.43. The normalized spacial score (nSPS) is 20.4. The fourth-order valence-corrected chi connectivity index (χ4v) is 5.53. The highest BCUT2D eigenvalue weighted by Gasteiger charge is 2.33. The summed E-state index contributed by atoms with van der Waals surface area (Å²) in [4.78, 5) is 17.2. The molecule has 0 unspecified atom stereocenters. The van der Waals surface area contributed by atoms with Crippen molar-refractivity contribution in [1.82, 2.24) is 9.80 Å². The number of amides is 1. The molecule has 1 atom stereocenters. The average molecular weight is 421 g/mol. The molecule has 0 aromatic carbocycles. The van der Waals surface area contributed by atoms with Crippen LogP contribution in [0.25, 0.3) is 6.08 Å². The molecule has 0 saturated carbocycles. The summed E-state index contributed by atoms with van der Waals surface area (Å²) in [5, 5.41) is 0. The molecule has 5 nitrogen and oxygen atoms in total. The molecular formula is C15H21BrN2O3S2. The van der Waals surface area contributed by atoms with Crippen LogP contribution in [0.4, 0.5) is 0 Å². The van der Waals surface area contributed by atoms with Crippen LogP contribution in [0.3, 0.4) is 0 Å². The second-order valence-electron chi connectivity index (χ2n) is 5.87. The Bertz CT molecular complexity index is 683. The van der Waals surface area contributed by atoms with Crippen molar-refractivity contribution in [1.29, 1.82) is 0 Å². The summed E-state index contributed by atoms with van der Waals surface area (Å²) in [6.45, 7) is 1.24. The molecule has 1 amide bonds. The van der Waals surface area contributed by atoms with Gasteiger partial charge in [0, 0.05) is 30.1 Å². The Balaban J connectivity index is 2.09. The van der Waals surface area contributed by atoms with Crippen LogP contribution in [0.2, 0.25) is 0 Å². The van der Waals surface area contributed by atoms with Crippen LogP contribution in [0.15, 0.2) is 22.0 Å². The predicted molar refractivity (Wildman–Crippen MR) is 98.4 cm³/mol. The van der Waals surface area contributed by atoms with Gasteiger partial charge in [0.1, 0.15) is 0 Å². The first-order valence-electron chi connectivity index (χ1n) is 7.36. The Labute approximate surface area is 150 Å². The smallest absolute Gasteiger partial charge is 0.246 e. The van der Waals surface area contributed by atoms with Crippen molar-refractivity contribution in [2.24, 2.45) is 0 Å². The van der Waals surface area contributed by atoms with Crippen LogP contribution in [0.5, 0.6) is 0 Å². The summed E-state index contributed by atoms with van der Waals surface area (Å²) < 4.78 is 24.4. The molecule has 1 aromatic rings. The molecule has 1 aliphatic heterocycles. The minimum absolute atomic E-state index is 0.0740.